The normalized spacial score (nSPS) is 17.3. The highest BCUT2D eigenvalue weighted by atomic mass is 79.9. The van der Waals surface area contributed by atoms with Crippen molar-refractivity contribution in [3.8, 4) is 11.5 Å². The Morgan fingerprint density at radius 3 is 2.26 bits per heavy atom. The van der Waals surface area contributed by atoms with Crippen molar-refractivity contribution in [3.05, 3.63) is 22.2 Å². The van der Waals surface area contributed by atoms with Crippen molar-refractivity contribution >= 4 is 15.9 Å². The number of hydrogen-bond acceptors (Lipinski definition) is 4. The van der Waals surface area contributed by atoms with Crippen LogP contribution in [0.25, 0.3) is 0 Å². The molecule has 1 N–H and O–H groups in total. The molecule has 4 nitrogen and oxygen atoms in total. The number of halogens is 1. The van der Waals surface area contributed by atoms with Crippen LogP contribution in [0.4, 0.5) is 0 Å². The summed E-state index contributed by atoms with van der Waals surface area (Å²) in [6.45, 7) is 8.87. The van der Waals surface area contributed by atoms with Gasteiger partial charge >= 0.3 is 0 Å². The van der Waals surface area contributed by atoms with E-state index < -0.39 is 0 Å². The number of methoxy groups -OCH3 is 2. The number of hydrogen-bond donors (Lipinski definition) is 1. The van der Waals surface area contributed by atoms with Crippen LogP contribution in [-0.4, -0.2) is 45.3 Å². The summed E-state index contributed by atoms with van der Waals surface area (Å²) in [5.74, 6) is 2.28. The van der Waals surface area contributed by atoms with Gasteiger partial charge in [-0.1, -0.05) is 29.8 Å². The van der Waals surface area contributed by atoms with Gasteiger partial charge < -0.3 is 14.8 Å². The Morgan fingerprint density at radius 2 is 1.70 bits per heavy atom. The Kier molecular flexibility index (Phi) is 7.18. The molecular weight excluding hydrogens is 356 g/mol. The summed E-state index contributed by atoms with van der Waals surface area (Å²) in [7, 11) is 3.37. The van der Waals surface area contributed by atoms with Gasteiger partial charge in [-0.2, -0.15) is 0 Å². The van der Waals surface area contributed by atoms with Gasteiger partial charge in [0.2, 0.25) is 0 Å². The average Bonchev–Trinajstić information content (AvgIpc) is 2.56. The lowest BCUT2D eigenvalue weighted by Gasteiger charge is -2.36. The molecular formula is C18H29BrN2O2. The highest BCUT2D eigenvalue weighted by Gasteiger charge is 2.25. The molecule has 0 amide bonds. The molecule has 1 fully saturated rings. The predicted molar refractivity (Wildman–Crippen MR) is 98.5 cm³/mol. The number of ether oxygens (including phenoxy) is 2. The summed E-state index contributed by atoms with van der Waals surface area (Å²) in [5, 5.41) is 3.44. The van der Waals surface area contributed by atoms with E-state index in [4.69, 9.17) is 9.47 Å². The predicted octanol–water partition coefficient (Wildman–Crippen LogP) is 3.85. The summed E-state index contributed by atoms with van der Waals surface area (Å²) < 4.78 is 12.0. The van der Waals surface area contributed by atoms with E-state index in [1.807, 2.05) is 6.07 Å². The number of nitrogens with one attached hydrogen (secondary N) is 1. The summed E-state index contributed by atoms with van der Waals surface area (Å²) in [6.07, 6.45) is 2.38. The number of benzene rings is 1. The van der Waals surface area contributed by atoms with Crippen LogP contribution in [0.15, 0.2) is 16.6 Å². The summed E-state index contributed by atoms with van der Waals surface area (Å²) in [4.78, 5) is 2.59. The highest BCUT2D eigenvalue weighted by molar-refractivity contribution is 9.10. The summed E-state index contributed by atoms with van der Waals surface area (Å²) in [6, 6.07) is 4.57. The lowest BCUT2D eigenvalue weighted by atomic mass is 9.95. The molecule has 0 spiro atoms. The molecule has 23 heavy (non-hydrogen) atoms. The quantitative estimate of drug-likeness (QED) is 0.773. The third kappa shape index (κ3) is 4.85. The molecule has 1 aromatic rings. The van der Waals surface area contributed by atoms with Gasteiger partial charge in [-0.05, 0) is 36.5 Å². The topological polar surface area (TPSA) is 33.7 Å². The van der Waals surface area contributed by atoms with E-state index in [0.29, 0.717) is 12.0 Å². The molecule has 5 heteroatoms. The minimum absolute atomic E-state index is 0.411. The molecule has 0 aromatic heterocycles. The van der Waals surface area contributed by atoms with Crippen LogP contribution in [0.3, 0.4) is 0 Å². The van der Waals surface area contributed by atoms with E-state index in [1.54, 1.807) is 14.2 Å². The van der Waals surface area contributed by atoms with Gasteiger partial charge in [-0.25, -0.2) is 0 Å². The fourth-order valence-corrected chi connectivity index (χ4v) is 3.73. The Balaban J connectivity index is 2.32. The minimum atomic E-state index is 0.411. The van der Waals surface area contributed by atoms with Crippen LogP contribution in [0.1, 0.15) is 38.3 Å². The molecule has 1 saturated heterocycles. The zero-order valence-electron chi connectivity index (χ0n) is 14.7. The highest BCUT2D eigenvalue weighted by Crippen LogP contribution is 2.39. The second kappa shape index (κ2) is 8.90. The van der Waals surface area contributed by atoms with Crippen LogP contribution in [0.5, 0.6) is 11.5 Å². The fourth-order valence-electron chi connectivity index (χ4n) is 3.15. The molecule has 1 aromatic carbocycles. The van der Waals surface area contributed by atoms with Crippen LogP contribution < -0.4 is 14.8 Å². The maximum Gasteiger partial charge on any atom is 0.161 e. The first-order valence-electron chi connectivity index (χ1n) is 8.43. The SMILES string of the molecule is COc1cc(Br)c([C@@H](CCC(C)C)N2CCNCC2)cc1OC. The molecule has 1 heterocycles. The van der Waals surface area contributed by atoms with Gasteiger partial charge in [0.25, 0.3) is 0 Å². The maximum atomic E-state index is 5.52. The molecule has 0 unspecified atom stereocenters. The van der Waals surface area contributed by atoms with Crippen molar-refractivity contribution in [3.63, 3.8) is 0 Å². The lowest BCUT2D eigenvalue weighted by Crippen LogP contribution is -2.45. The van der Waals surface area contributed by atoms with Crippen molar-refractivity contribution in [1.82, 2.24) is 10.2 Å². The third-order valence-electron chi connectivity index (χ3n) is 4.47. The van der Waals surface area contributed by atoms with Crippen LogP contribution in [-0.2, 0) is 0 Å². The molecule has 1 aliphatic heterocycles. The molecule has 1 atom stereocenters. The second-order valence-electron chi connectivity index (χ2n) is 6.50. The van der Waals surface area contributed by atoms with Gasteiger partial charge in [0.15, 0.2) is 11.5 Å². The first-order chi connectivity index (χ1) is 11.1. The molecule has 0 aliphatic carbocycles. The summed E-state index contributed by atoms with van der Waals surface area (Å²) >= 11 is 3.75. The van der Waals surface area contributed by atoms with Crippen LogP contribution >= 0.6 is 15.9 Å². The lowest BCUT2D eigenvalue weighted by molar-refractivity contribution is 0.159. The standard InChI is InChI=1S/C18H29BrN2O2/c1-13(2)5-6-16(21-9-7-20-8-10-21)14-11-17(22-3)18(23-4)12-15(14)19/h11-13,16,20H,5-10H2,1-4H3/t16-/m1/s1. The maximum absolute atomic E-state index is 5.52. The minimum Gasteiger partial charge on any atom is -0.493 e. The molecule has 130 valence electrons. The number of nitrogens with zero attached hydrogens (tertiary/aromatic N) is 1. The Labute approximate surface area is 148 Å². The van der Waals surface area contributed by atoms with Crippen LogP contribution in [0, 0.1) is 5.92 Å². The van der Waals surface area contributed by atoms with E-state index in [0.717, 1.165) is 48.6 Å². The van der Waals surface area contributed by atoms with Gasteiger partial charge in [0.05, 0.1) is 14.2 Å². The van der Waals surface area contributed by atoms with Gasteiger partial charge in [-0.15, -0.1) is 0 Å². The van der Waals surface area contributed by atoms with E-state index in [-0.39, 0.29) is 0 Å². The Morgan fingerprint density at radius 1 is 1.09 bits per heavy atom. The first-order valence-corrected chi connectivity index (χ1v) is 9.22. The van der Waals surface area contributed by atoms with E-state index in [1.165, 1.54) is 12.0 Å². The third-order valence-corrected chi connectivity index (χ3v) is 5.16. The molecule has 0 bridgehead atoms. The molecule has 0 saturated carbocycles. The van der Waals surface area contributed by atoms with E-state index in [9.17, 15) is 0 Å². The van der Waals surface area contributed by atoms with Crippen molar-refractivity contribution in [2.45, 2.75) is 32.7 Å². The summed E-state index contributed by atoms with van der Waals surface area (Å²) in [5.41, 5.74) is 1.30. The zero-order valence-corrected chi connectivity index (χ0v) is 16.3. The van der Waals surface area contributed by atoms with Crippen molar-refractivity contribution in [2.75, 3.05) is 40.4 Å². The van der Waals surface area contributed by atoms with Crippen molar-refractivity contribution < 1.29 is 9.47 Å². The first kappa shape index (κ1) is 18.6. The Bertz CT molecular complexity index is 502. The van der Waals surface area contributed by atoms with Gasteiger partial charge in [-0.3, -0.25) is 4.90 Å². The molecule has 1 aliphatic rings. The van der Waals surface area contributed by atoms with Crippen molar-refractivity contribution in [1.29, 1.82) is 0 Å². The Hall–Kier alpha value is -0.780. The zero-order chi connectivity index (χ0) is 16.8. The van der Waals surface area contributed by atoms with E-state index in [2.05, 4.69) is 46.1 Å². The monoisotopic (exact) mass is 384 g/mol. The smallest absolute Gasteiger partial charge is 0.161 e. The number of piperazine rings is 1. The average molecular weight is 385 g/mol. The van der Waals surface area contributed by atoms with Gasteiger partial charge in [0.1, 0.15) is 0 Å². The van der Waals surface area contributed by atoms with E-state index >= 15 is 0 Å². The van der Waals surface area contributed by atoms with Crippen LogP contribution in [0.2, 0.25) is 0 Å². The molecule has 2 rings (SSSR count). The van der Waals surface area contributed by atoms with Crippen molar-refractivity contribution in [2.24, 2.45) is 5.92 Å². The molecule has 0 radical (unpaired) electrons. The largest absolute Gasteiger partial charge is 0.493 e. The second-order valence-corrected chi connectivity index (χ2v) is 7.36. The fraction of sp³-hybridized carbons (Fsp3) is 0.667. The van der Waals surface area contributed by atoms with Gasteiger partial charge in [0, 0.05) is 36.7 Å². The number of rotatable bonds is 7.